The van der Waals surface area contributed by atoms with Gasteiger partial charge >= 0.3 is 0 Å². The van der Waals surface area contributed by atoms with Crippen LogP contribution in [-0.2, 0) is 4.79 Å². The predicted octanol–water partition coefficient (Wildman–Crippen LogP) is 4.13. The van der Waals surface area contributed by atoms with E-state index in [4.69, 9.17) is 16.0 Å². The lowest BCUT2D eigenvalue weighted by Crippen LogP contribution is -2.37. The number of rotatable bonds is 7. The first kappa shape index (κ1) is 17.3. The minimum absolute atomic E-state index is 0.141. The molecule has 1 aliphatic carbocycles. The van der Waals surface area contributed by atoms with E-state index < -0.39 is 0 Å². The molecule has 2 aromatic rings. The molecule has 1 aliphatic rings. The summed E-state index contributed by atoms with van der Waals surface area (Å²) >= 11 is 7.16. The van der Waals surface area contributed by atoms with Crippen LogP contribution in [0, 0.1) is 5.92 Å². The van der Waals surface area contributed by atoms with Gasteiger partial charge in [0.15, 0.2) is 0 Å². The van der Waals surface area contributed by atoms with Gasteiger partial charge in [-0.2, -0.15) is 0 Å². The number of carbonyl (C=O) groups is 1. The molecule has 5 nitrogen and oxygen atoms in total. The van der Waals surface area contributed by atoms with Gasteiger partial charge in [0.25, 0.3) is 5.22 Å². The van der Waals surface area contributed by atoms with Crippen molar-refractivity contribution in [2.75, 3.05) is 12.3 Å². The topological polar surface area (TPSA) is 59.2 Å². The number of hydrogen-bond acceptors (Lipinski definition) is 5. The van der Waals surface area contributed by atoms with Crippen molar-refractivity contribution in [2.24, 2.45) is 5.92 Å². The van der Waals surface area contributed by atoms with Crippen LogP contribution in [0.15, 0.2) is 33.9 Å². The molecule has 1 fully saturated rings. The highest BCUT2D eigenvalue weighted by Gasteiger charge is 2.32. The van der Waals surface area contributed by atoms with Crippen LogP contribution in [0.25, 0.3) is 11.5 Å². The van der Waals surface area contributed by atoms with Crippen molar-refractivity contribution in [2.45, 2.75) is 38.0 Å². The number of amides is 1. The first-order valence-electron chi connectivity index (χ1n) is 8.04. The Labute approximate surface area is 150 Å². The molecular formula is C17H20ClN3O2S. The zero-order valence-corrected chi connectivity index (χ0v) is 15.3. The summed E-state index contributed by atoms with van der Waals surface area (Å²) in [4.78, 5) is 14.4. The smallest absolute Gasteiger partial charge is 0.277 e. The second-order valence-corrected chi connectivity index (χ2v) is 7.70. The van der Waals surface area contributed by atoms with E-state index in [1.54, 1.807) is 12.1 Å². The molecule has 0 spiro atoms. The zero-order valence-electron chi connectivity index (χ0n) is 13.7. The van der Waals surface area contributed by atoms with Crippen molar-refractivity contribution in [3.05, 3.63) is 29.3 Å². The van der Waals surface area contributed by atoms with Crippen molar-refractivity contribution >= 4 is 29.3 Å². The highest BCUT2D eigenvalue weighted by molar-refractivity contribution is 7.99. The minimum atomic E-state index is 0.141. The maximum atomic E-state index is 12.4. The number of thioether (sulfide) groups is 1. The van der Waals surface area contributed by atoms with Gasteiger partial charge < -0.3 is 9.32 Å². The van der Waals surface area contributed by atoms with Gasteiger partial charge in [-0.05, 0) is 43.0 Å². The predicted molar refractivity (Wildman–Crippen MR) is 95.0 cm³/mol. The summed E-state index contributed by atoms with van der Waals surface area (Å²) in [6.07, 6.45) is 2.23. The molecule has 0 aliphatic heterocycles. The molecule has 0 N–H and O–H groups in total. The summed E-state index contributed by atoms with van der Waals surface area (Å²) in [6.45, 7) is 5.07. The van der Waals surface area contributed by atoms with Crippen LogP contribution in [0.3, 0.4) is 0 Å². The van der Waals surface area contributed by atoms with E-state index >= 15 is 0 Å². The van der Waals surface area contributed by atoms with Crippen LogP contribution in [0.2, 0.25) is 5.02 Å². The van der Waals surface area contributed by atoms with Crippen LogP contribution in [0.5, 0.6) is 0 Å². The Morgan fingerprint density at radius 3 is 2.67 bits per heavy atom. The molecule has 0 unspecified atom stereocenters. The fraction of sp³-hybridized carbons (Fsp3) is 0.471. The number of carbonyl (C=O) groups excluding carboxylic acids is 1. The first-order chi connectivity index (χ1) is 11.5. The Morgan fingerprint density at radius 1 is 1.33 bits per heavy atom. The Hall–Kier alpha value is -1.53. The molecule has 0 radical (unpaired) electrons. The lowest BCUT2D eigenvalue weighted by molar-refractivity contribution is -0.129. The maximum absolute atomic E-state index is 12.4. The van der Waals surface area contributed by atoms with Gasteiger partial charge in [-0.1, -0.05) is 37.2 Å². The number of aromatic nitrogens is 2. The second-order valence-electron chi connectivity index (χ2n) is 6.34. The van der Waals surface area contributed by atoms with Crippen LogP contribution in [0.1, 0.15) is 26.7 Å². The summed E-state index contributed by atoms with van der Waals surface area (Å²) < 4.78 is 5.62. The second kappa shape index (κ2) is 7.57. The Bertz CT molecular complexity index is 698. The molecule has 1 aromatic heterocycles. The van der Waals surface area contributed by atoms with Crippen LogP contribution in [-0.4, -0.2) is 39.3 Å². The van der Waals surface area contributed by atoms with Crippen LogP contribution >= 0.6 is 23.4 Å². The fourth-order valence-corrected chi connectivity index (χ4v) is 3.19. The molecule has 1 heterocycles. The summed E-state index contributed by atoms with van der Waals surface area (Å²) in [5.74, 6) is 1.37. The monoisotopic (exact) mass is 365 g/mol. The fourth-order valence-electron chi connectivity index (χ4n) is 2.42. The Kier molecular flexibility index (Phi) is 5.46. The van der Waals surface area contributed by atoms with E-state index in [1.807, 2.05) is 17.0 Å². The van der Waals surface area contributed by atoms with E-state index in [9.17, 15) is 4.79 Å². The Morgan fingerprint density at radius 2 is 2.04 bits per heavy atom. The standard InChI is InChI=1S/C17H20ClN3O2S/c1-11(2)9-21(14-7-8-14)15(22)10-24-17-20-19-16(23-17)12-3-5-13(18)6-4-12/h3-6,11,14H,7-10H2,1-2H3. The zero-order chi connectivity index (χ0) is 17.1. The normalized spacial score (nSPS) is 14.2. The molecule has 24 heavy (non-hydrogen) atoms. The molecule has 7 heteroatoms. The van der Waals surface area contributed by atoms with Crippen molar-refractivity contribution < 1.29 is 9.21 Å². The van der Waals surface area contributed by atoms with Crippen LogP contribution < -0.4 is 0 Å². The first-order valence-corrected chi connectivity index (χ1v) is 9.41. The summed E-state index contributed by atoms with van der Waals surface area (Å²) in [7, 11) is 0. The molecule has 3 rings (SSSR count). The molecule has 1 saturated carbocycles. The van der Waals surface area contributed by atoms with Crippen molar-refractivity contribution in [3.63, 3.8) is 0 Å². The molecule has 1 amide bonds. The molecule has 1 aromatic carbocycles. The van der Waals surface area contributed by atoms with Crippen LogP contribution in [0.4, 0.5) is 0 Å². The van der Waals surface area contributed by atoms with Gasteiger partial charge in [-0.3, -0.25) is 4.79 Å². The molecule has 0 saturated heterocycles. The van der Waals surface area contributed by atoms with E-state index in [2.05, 4.69) is 24.0 Å². The van der Waals surface area contributed by atoms with E-state index in [-0.39, 0.29) is 5.91 Å². The van der Waals surface area contributed by atoms with Gasteiger partial charge in [0.05, 0.1) is 5.75 Å². The van der Waals surface area contributed by atoms with Crippen molar-refractivity contribution in [3.8, 4) is 11.5 Å². The maximum Gasteiger partial charge on any atom is 0.277 e. The minimum Gasteiger partial charge on any atom is -0.411 e. The van der Waals surface area contributed by atoms with Gasteiger partial charge in [0.1, 0.15) is 0 Å². The SMILES string of the molecule is CC(C)CN(C(=O)CSc1nnc(-c2ccc(Cl)cc2)o1)C1CC1. The van der Waals surface area contributed by atoms with Crippen molar-refractivity contribution in [1.82, 2.24) is 15.1 Å². The average Bonchev–Trinajstić information content (AvgIpc) is 3.29. The lowest BCUT2D eigenvalue weighted by atomic mass is 10.2. The molecule has 0 atom stereocenters. The largest absolute Gasteiger partial charge is 0.411 e. The van der Waals surface area contributed by atoms with Crippen molar-refractivity contribution in [1.29, 1.82) is 0 Å². The van der Waals surface area contributed by atoms with Gasteiger partial charge in [-0.25, -0.2) is 0 Å². The number of hydrogen-bond donors (Lipinski definition) is 0. The Balaban J connectivity index is 1.58. The van der Waals surface area contributed by atoms with E-state index in [0.717, 1.165) is 24.9 Å². The highest BCUT2D eigenvalue weighted by atomic mass is 35.5. The van der Waals surface area contributed by atoms with E-state index in [1.165, 1.54) is 11.8 Å². The highest BCUT2D eigenvalue weighted by Crippen LogP contribution is 2.29. The molecule has 0 bridgehead atoms. The molecular weight excluding hydrogens is 346 g/mol. The van der Waals surface area contributed by atoms with E-state index in [0.29, 0.717) is 33.8 Å². The quantitative estimate of drug-likeness (QED) is 0.690. The number of halogens is 1. The summed E-state index contributed by atoms with van der Waals surface area (Å²) in [5.41, 5.74) is 0.810. The number of nitrogens with zero attached hydrogens (tertiary/aromatic N) is 3. The van der Waals surface area contributed by atoms with Gasteiger partial charge in [-0.15, -0.1) is 10.2 Å². The van der Waals surface area contributed by atoms with Gasteiger partial charge in [0, 0.05) is 23.2 Å². The third-order valence-electron chi connectivity index (χ3n) is 3.69. The number of benzene rings is 1. The average molecular weight is 366 g/mol. The summed E-state index contributed by atoms with van der Waals surface area (Å²) in [6, 6.07) is 7.63. The summed E-state index contributed by atoms with van der Waals surface area (Å²) in [5, 5.41) is 9.11. The lowest BCUT2D eigenvalue weighted by Gasteiger charge is -2.24. The van der Waals surface area contributed by atoms with Gasteiger partial charge in [0.2, 0.25) is 11.8 Å². The third kappa shape index (κ3) is 4.51. The molecule has 128 valence electrons. The third-order valence-corrected chi connectivity index (χ3v) is 4.74.